The number of carboxylic acid groups (broad SMARTS) is 1. The molecule has 2 rings (SSSR count). The summed E-state index contributed by atoms with van der Waals surface area (Å²) in [5.41, 5.74) is 1.06. The molecule has 1 saturated carbocycles. The lowest BCUT2D eigenvalue weighted by atomic mass is 10.2. The fraction of sp³-hybridized carbons (Fsp3) is 0.467. The summed E-state index contributed by atoms with van der Waals surface area (Å²) in [6, 6.07) is 7.45. The van der Waals surface area contributed by atoms with E-state index in [2.05, 4.69) is 5.32 Å². The number of aliphatic hydroxyl groups excluding tert-OH is 1. The minimum absolute atomic E-state index is 0.0491. The minimum atomic E-state index is -0.946. The van der Waals surface area contributed by atoms with Gasteiger partial charge in [-0.15, -0.1) is 0 Å². The fourth-order valence-corrected chi connectivity index (χ4v) is 2.06. The maximum Gasteiger partial charge on any atom is 0.307 e. The molecule has 1 aliphatic carbocycles. The van der Waals surface area contributed by atoms with E-state index in [1.807, 2.05) is 25.1 Å². The molecule has 0 spiro atoms. The number of carboxylic acids is 1. The van der Waals surface area contributed by atoms with Gasteiger partial charge in [-0.05, 0) is 31.0 Å². The maximum atomic E-state index is 11.6. The van der Waals surface area contributed by atoms with Crippen LogP contribution in [0.3, 0.4) is 0 Å². The van der Waals surface area contributed by atoms with Crippen molar-refractivity contribution in [1.82, 2.24) is 5.32 Å². The molecule has 1 amide bonds. The Hall–Kier alpha value is -2.08. The number of amides is 1. The molecule has 1 fully saturated rings. The van der Waals surface area contributed by atoms with E-state index in [0.717, 1.165) is 5.56 Å². The quantitative estimate of drug-likeness (QED) is 0.683. The largest absolute Gasteiger partial charge is 0.491 e. The van der Waals surface area contributed by atoms with E-state index < -0.39 is 23.9 Å². The first-order valence-corrected chi connectivity index (χ1v) is 6.85. The Bertz CT molecular complexity index is 531. The lowest BCUT2D eigenvalue weighted by Crippen LogP contribution is -2.36. The van der Waals surface area contributed by atoms with Crippen molar-refractivity contribution in [3.63, 3.8) is 0 Å². The molecule has 6 heteroatoms. The molecule has 21 heavy (non-hydrogen) atoms. The van der Waals surface area contributed by atoms with Gasteiger partial charge >= 0.3 is 5.97 Å². The van der Waals surface area contributed by atoms with Crippen molar-refractivity contribution in [3.8, 4) is 5.75 Å². The summed E-state index contributed by atoms with van der Waals surface area (Å²) in [5.74, 6) is -1.65. The third-order valence-corrected chi connectivity index (χ3v) is 3.39. The average Bonchev–Trinajstić information content (AvgIpc) is 3.23. The number of benzene rings is 1. The monoisotopic (exact) mass is 293 g/mol. The van der Waals surface area contributed by atoms with Gasteiger partial charge in [0.2, 0.25) is 5.91 Å². The van der Waals surface area contributed by atoms with Crippen LogP contribution in [0.15, 0.2) is 24.3 Å². The highest BCUT2D eigenvalue weighted by atomic mass is 16.5. The molecule has 1 aromatic carbocycles. The standard InChI is InChI=1S/C15H19NO5/c1-9-3-2-4-11(5-9)21-8-10(17)7-16-14(18)12-6-13(12)15(19)20/h2-5,10,12-13,17H,6-8H2,1H3,(H,16,18)(H,19,20)/t10-,12-,13+/m1/s1. The summed E-state index contributed by atoms with van der Waals surface area (Å²) in [6.45, 7) is 2.06. The smallest absolute Gasteiger partial charge is 0.307 e. The molecule has 0 aromatic heterocycles. The van der Waals surface area contributed by atoms with Gasteiger partial charge in [0, 0.05) is 6.54 Å². The topological polar surface area (TPSA) is 95.9 Å². The van der Waals surface area contributed by atoms with Crippen LogP contribution in [-0.2, 0) is 9.59 Å². The molecule has 1 aliphatic rings. The summed E-state index contributed by atoms with van der Waals surface area (Å²) in [4.78, 5) is 22.3. The van der Waals surface area contributed by atoms with E-state index in [1.165, 1.54) is 0 Å². The molecule has 3 N–H and O–H groups in total. The Balaban J connectivity index is 1.67. The Morgan fingerprint density at radius 3 is 2.81 bits per heavy atom. The van der Waals surface area contributed by atoms with Gasteiger partial charge in [0.25, 0.3) is 0 Å². The third-order valence-electron chi connectivity index (χ3n) is 3.39. The zero-order valence-electron chi connectivity index (χ0n) is 11.8. The number of aliphatic hydroxyl groups is 1. The zero-order valence-corrected chi connectivity index (χ0v) is 11.8. The van der Waals surface area contributed by atoms with Crippen molar-refractivity contribution in [2.75, 3.05) is 13.2 Å². The summed E-state index contributed by atoms with van der Waals surface area (Å²) in [7, 11) is 0. The van der Waals surface area contributed by atoms with Crippen LogP contribution in [0.25, 0.3) is 0 Å². The predicted molar refractivity (Wildman–Crippen MR) is 74.9 cm³/mol. The average molecular weight is 293 g/mol. The molecule has 0 aliphatic heterocycles. The fourth-order valence-electron chi connectivity index (χ4n) is 2.06. The number of carbonyl (C=O) groups is 2. The molecule has 0 unspecified atom stereocenters. The molecular formula is C15H19NO5. The highest BCUT2D eigenvalue weighted by Gasteiger charge is 2.48. The van der Waals surface area contributed by atoms with Crippen LogP contribution in [0.2, 0.25) is 0 Å². The van der Waals surface area contributed by atoms with Crippen molar-refractivity contribution in [2.24, 2.45) is 11.8 Å². The molecular weight excluding hydrogens is 274 g/mol. The number of carbonyl (C=O) groups excluding carboxylic acids is 1. The predicted octanol–water partition coefficient (Wildman–Crippen LogP) is 0.572. The normalized spacial score (nSPS) is 21.4. The Morgan fingerprint density at radius 1 is 1.43 bits per heavy atom. The number of hydrogen-bond donors (Lipinski definition) is 3. The number of hydrogen-bond acceptors (Lipinski definition) is 4. The van der Waals surface area contributed by atoms with Crippen LogP contribution in [0.5, 0.6) is 5.75 Å². The molecule has 0 bridgehead atoms. The number of aryl methyl sites for hydroxylation is 1. The summed E-state index contributed by atoms with van der Waals surface area (Å²) >= 11 is 0. The summed E-state index contributed by atoms with van der Waals surface area (Å²) in [5, 5.41) is 21.0. The highest BCUT2D eigenvalue weighted by Crippen LogP contribution is 2.38. The molecule has 0 radical (unpaired) electrons. The third kappa shape index (κ3) is 4.46. The molecule has 0 heterocycles. The van der Waals surface area contributed by atoms with Crippen LogP contribution in [0.4, 0.5) is 0 Å². The van der Waals surface area contributed by atoms with Crippen LogP contribution in [-0.4, -0.2) is 41.3 Å². The van der Waals surface area contributed by atoms with E-state index in [0.29, 0.717) is 12.2 Å². The second-order valence-electron chi connectivity index (χ2n) is 5.31. The van der Waals surface area contributed by atoms with Crippen LogP contribution >= 0.6 is 0 Å². The number of rotatable bonds is 7. The van der Waals surface area contributed by atoms with Crippen molar-refractivity contribution in [3.05, 3.63) is 29.8 Å². The van der Waals surface area contributed by atoms with Crippen molar-refractivity contribution < 1.29 is 24.5 Å². The van der Waals surface area contributed by atoms with E-state index in [4.69, 9.17) is 9.84 Å². The van der Waals surface area contributed by atoms with E-state index >= 15 is 0 Å². The van der Waals surface area contributed by atoms with Gasteiger partial charge in [0.05, 0.1) is 11.8 Å². The molecule has 3 atom stereocenters. The van der Waals surface area contributed by atoms with Gasteiger partial charge in [-0.1, -0.05) is 12.1 Å². The second kappa shape index (κ2) is 6.58. The summed E-state index contributed by atoms with van der Waals surface area (Å²) < 4.78 is 5.42. The maximum absolute atomic E-state index is 11.6. The Morgan fingerprint density at radius 2 is 2.19 bits per heavy atom. The summed E-state index contributed by atoms with van der Waals surface area (Å²) in [6.07, 6.45) is -0.465. The zero-order chi connectivity index (χ0) is 15.4. The highest BCUT2D eigenvalue weighted by molar-refractivity contribution is 5.89. The molecule has 0 saturated heterocycles. The molecule has 114 valence electrons. The Kier molecular flexibility index (Phi) is 4.80. The number of ether oxygens (including phenoxy) is 1. The van der Waals surface area contributed by atoms with E-state index in [-0.39, 0.29) is 19.1 Å². The second-order valence-corrected chi connectivity index (χ2v) is 5.31. The van der Waals surface area contributed by atoms with Gasteiger partial charge in [0.15, 0.2) is 0 Å². The van der Waals surface area contributed by atoms with Crippen LogP contribution < -0.4 is 10.1 Å². The minimum Gasteiger partial charge on any atom is -0.491 e. The van der Waals surface area contributed by atoms with E-state index in [1.54, 1.807) is 6.07 Å². The Labute approximate surface area is 122 Å². The van der Waals surface area contributed by atoms with Gasteiger partial charge < -0.3 is 20.3 Å². The molecule has 6 nitrogen and oxygen atoms in total. The van der Waals surface area contributed by atoms with Gasteiger partial charge in [0.1, 0.15) is 18.5 Å². The lowest BCUT2D eigenvalue weighted by Gasteiger charge is -2.13. The number of aliphatic carboxylic acids is 1. The van der Waals surface area contributed by atoms with Crippen LogP contribution in [0, 0.1) is 18.8 Å². The van der Waals surface area contributed by atoms with Gasteiger partial charge in [-0.2, -0.15) is 0 Å². The van der Waals surface area contributed by atoms with Crippen molar-refractivity contribution >= 4 is 11.9 Å². The first-order valence-electron chi connectivity index (χ1n) is 6.85. The van der Waals surface area contributed by atoms with Gasteiger partial charge in [-0.3, -0.25) is 9.59 Å². The van der Waals surface area contributed by atoms with E-state index in [9.17, 15) is 14.7 Å². The number of nitrogens with one attached hydrogen (secondary N) is 1. The SMILES string of the molecule is Cc1cccc(OC[C@H](O)CNC(=O)[C@@H]2C[C@@H]2C(=O)O)c1. The first-order chi connectivity index (χ1) is 9.97. The van der Waals surface area contributed by atoms with Gasteiger partial charge in [-0.25, -0.2) is 0 Å². The lowest BCUT2D eigenvalue weighted by molar-refractivity contribution is -0.140. The van der Waals surface area contributed by atoms with Crippen molar-refractivity contribution in [2.45, 2.75) is 19.4 Å². The van der Waals surface area contributed by atoms with Crippen molar-refractivity contribution in [1.29, 1.82) is 0 Å². The first kappa shape index (κ1) is 15.3. The molecule has 1 aromatic rings. The van der Waals surface area contributed by atoms with Crippen LogP contribution in [0.1, 0.15) is 12.0 Å².